The zero-order valence-corrected chi connectivity index (χ0v) is 11.5. The average molecular weight is 272 g/mol. The van der Waals surface area contributed by atoms with Crippen LogP contribution < -0.4 is 5.73 Å². The summed E-state index contributed by atoms with van der Waals surface area (Å²) < 4.78 is 0. The number of H-pyrrole nitrogens is 1. The van der Waals surface area contributed by atoms with E-state index in [1.165, 1.54) is 5.56 Å². The summed E-state index contributed by atoms with van der Waals surface area (Å²) in [6.45, 7) is 2.07. The van der Waals surface area contributed by atoms with Crippen molar-refractivity contribution in [3.8, 4) is 10.6 Å². The highest BCUT2D eigenvalue weighted by Crippen LogP contribution is 2.33. The third kappa shape index (κ3) is 1.74. The largest absolute Gasteiger partial charge is 0.389 e. The standard InChI is InChI=1S/C14H12N2S2/c1-8-4-5-10-9(7-8)12(14(15)17)13(16-10)11-3-2-6-18-11/h2-7,16H,1H3,(H2,15,17). The number of nitrogens with one attached hydrogen (secondary N) is 1. The van der Waals surface area contributed by atoms with Crippen molar-refractivity contribution in [1.82, 2.24) is 4.98 Å². The minimum Gasteiger partial charge on any atom is -0.389 e. The first kappa shape index (κ1) is 11.4. The van der Waals surface area contributed by atoms with Crippen LogP contribution >= 0.6 is 23.6 Å². The molecule has 0 radical (unpaired) electrons. The van der Waals surface area contributed by atoms with Crippen molar-refractivity contribution in [1.29, 1.82) is 0 Å². The first-order valence-corrected chi connectivity index (χ1v) is 6.91. The number of rotatable bonds is 2. The number of thiocarbonyl (C=S) groups is 1. The SMILES string of the molecule is Cc1ccc2[nH]c(-c3cccs3)c(C(N)=S)c2c1. The Kier molecular flexibility index (Phi) is 2.69. The van der Waals surface area contributed by atoms with E-state index >= 15 is 0 Å². The van der Waals surface area contributed by atoms with Crippen LogP contribution in [-0.2, 0) is 0 Å². The van der Waals surface area contributed by atoms with Crippen molar-refractivity contribution in [2.75, 3.05) is 0 Å². The Morgan fingerprint density at radius 3 is 2.83 bits per heavy atom. The number of fused-ring (bicyclic) bond motifs is 1. The molecule has 0 fully saturated rings. The molecular weight excluding hydrogens is 260 g/mol. The van der Waals surface area contributed by atoms with Crippen LogP contribution in [0.15, 0.2) is 35.7 Å². The summed E-state index contributed by atoms with van der Waals surface area (Å²) in [5.41, 5.74) is 10.2. The molecule has 0 atom stereocenters. The van der Waals surface area contributed by atoms with Crippen LogP contribution in [0.25, 0.3) is 21.5 Å². The minimum atomic E-state index is 0.440. The molecule has 0 aliphatic heterocycles. The number of hydrogen-bond acceptors (Lipinski definition) is 2. The fraction of sp³-hybridized carbons (Fsp3) is 0.0714. The predicted molar refractivity (Wildman–Crippen MR) is 82.2 cm³/mol. The van der Waals surface area contributed by atoms with Gasteiger partial charge < -0.3 is 10.7 Å². The van der Waals surface area contributed by atoms with Gasteiger partial charge in [0.15, 0.2) is 0 Å². The van der Waals surface area contributed by atoms with E-state index in [1.54, 1.807) is 11.3 Å². The van der Waals surface area contributed by atoms with Gasteiger partial charge in [-0.25, -0.2) is 0 Å². The van der Waals surface area contributed by atoms with Gasteiger partial charge in [-0.15, -0.1) is 11.3 Å². The van der Waals surface area contributed by atoms with E-state index in [1.807, 2.05) is 6.07 Å². The summed E-state index contributed by atoms with van der Waals surface area (Å²) in [6, 6.07) is 10.4. The van der Waals surface area contributed by atoms with Crippen molar-refractivity contribution in [2.24, 2.45) is 5.73 Å². The molecule has 3 aromatic rings. The molecule has 0 bridgehead atoms. The van der Waals surface area contributed by atoms with Crippen molar-refractivity contribution >= 4 is 39.4 Å². The maximum Gasteiger partial charge on any atom is 0.106 e. The molecule has 1 aromatic carbocycles. The topological polar surface area (TPSA) is 41.8 Å². The van der Waals surface area contributed by atoms with Crippen LogP contribution in [0, 0.1) is 6.92 Å². The van der Waals surface area contributed by atoms with Crippen molar-refractivity contribution in [3.63, 3.8) is 0 Å². The molecule has 4 heteroatoms. The second-order valence-electron chi connectivity index (χ2n) is 4.27. The number of benzene rings is 1. The molecule has 0 saturated carbocycles. The lowest BCUT2D eigenvalue weighted by Gasteiger charge is -2.00. The van der Waals surface area contributed by atoms with E-state index in [0.29, 0.717) is 4.99 Å². The first-order valence-electron chi connectivity index (χ1n) is 5.63. The minimum absolute atomic E-state index is 0.440. The molecule has 0 aliphatic carbocycles. The molecule has 2 nitrogen and oxygen atoms in total. The van der Waals surface area contributed by atoms with E-state index in [0.717, 1.165) is 27.0 Å². The monoisotopic (exact) mass is 272 g/mol. The van der Waals surface area contributed by atoms with Gasteiger partial charge in [0.25, 0.3) is 0 Å². The number of nitrogens with two attached hydrogens (primary N) is 1. The van der Waals surface area contributed by atoms with Crippen molar-refractivity contribution in [3.05, 3.63) is 46.8 Å². The Balaban J connectivity index is 2.38. The summed E-state index contributed by atoms with van der Waals surface area (Å²) in [6.07, 6.45) is 0. The number of hydrogen-bond donors (Lipinski definition) is 2. The molecule has 0 unspecified atom stereocenters. The average Bonchev–Trinajstić information content (AvgIpc) is 2.94. The van der Waals surface area contributed by atoms with Gasteiger partial charge in [0.05, 0.1) is 10.6 Å². The molecule has 2 heterocycles. The van der Waals surface area contributed by atoms with Gasteiger partial charge in [0.2, 0.25) is 0 Å². The quantitative estimate of drug-likeness (QED) is 0.696. The predicted octanol–water partition coefficient (Wildman–Crippen LogP) is 3.84. The number of aromatic amines is 1. The van der Waals surface area contributed by atoms with Crippen molar-refractivity contribution in [2.45, 2.75) is 6.92 Å². The smallest absolute Gasteiger partial charge is 0.106 e. The summed E-state index contributed by atoms with van der Waals surface area (Å²) in [5.74, 6) is 0. The maximum absolute atomic E-state index is 5.90. The van der Waals surface area contributed by atoms with Crippen LogP contribution in [0.3, 0.4) is 0 Å². The molecule has 0 saturated heterocycles. The van der Waals surface area contributed by atoms with Gasteiger partial charge in [0.1, 0.15) is 4.99 Å². The number of aryl methyl sites for hydroxylation is 1. The van der Waals surface area contributed by atoms with Gasteiger partial charge in [-0.2, -0.15) is 0 Å². The second-order valence-corrected chi connectivity index (χ2v) is 5.65. The molecule has 3 N–H and O–H groups in total. The highest BCUT2D eigenvalue weighted by molar-refractivity contribution is 7.80. The fourth-order valence-electron chi connectivity index (χ4n) is 2.17. The molecule has 0 amide bonds. The molecular formula is C14H12N2S2. The van der Waals surface area contributed by atoms with E-state index in [2.05, 4.69) is 41.6 Å². The highest BCUT2D eigenvalue weighted by Gasteiger charge is 2.15. The lowest BCUT2D eigenvalue weighted by atomic mass is 10.1. The van der Waals surface area contributed by atoms with E-state index in [4.69, 9.17) is 18.0 Å². The van der Waals surface area contributed by atoms with Gasteiger partial charge in [-0.05, 0) is 30.5 Å². The summed E-state index contributed by atoms with van der Waals surface area (Å²) >= 11 is 6.89. The highest BCUT2D eigenvalue weighted by atomic mass is 32.1. The number of thiophene rings is 1. The molecule has 18 heavy (non-hydrogen) atoms. The molecule has 3 rings (SSSR count). The first-order chi connectivity index (χ1) is 8.66. The van der Waals surface area contributed by atoms with Gasteiger partial charge in [-0.3, -0.25) is 0 Å². The van der Waals surface area contributed by atoms with Crippen LogP contribution in [0.2, 0.25) is 0 Å². The van der Waals surface area contributed by atoms with Crippen LogP contribution in [0.4, 0.5) is 0 Å². The van der Waals surface area contributed by atoms with Crippen LogP contribution in [0.5, 0.6) is 0 Å². The molecule has 0 aliphatic rings. The summed E-state index contributed by atoms with van der Waals surface area (Å²) in [5, 5.41) is 3.15. The summed E-state index contributed by atoms with van der Waals surface area (Å²) in [7, 11) is 0. The Labute approximate surface area is 114 Å². The molecule has 2 aromatic heterocycles. The lowest BCUT2D eigenvalue weighted by Crippen LogP contribution is -2.09. The lowest BCUT2D eigenvalue weighted by molar-refractivity contribution is 1.46. The Morgan fingerprint density at radius 1 is 1.33 bits per heavy atom. The Hall–Kier alpha value is -1.65. The van der Waals surface area contributed by atoms with E-state index in [9.17, 15) is 0 Å². The van der Waals surface area contributed by atoms with E-state index in [-0.39, 0.29) is 0 Å². The molecule has 0 spiro atoms. The van der Waals surface area contributed by atoms with E-state index < -0.39 is 0 Å². The Bertz CT molecular complexity index is 724. The number of aromatic nitrogens is 1. The molecule has 90 valence electrons. The zero-order chi connectivity index (χ0) is 12.7. The second kappa shape index (κ2) is 4.23. The van der Waals surface area contributed by atoms with Gasteiger partial charge >= 0.3 is 0 Å². The van der Waals surface area contributed by atoms with Crippen LogP contribution in [0.1, 0.15) is 11.1 Å². The van der Waals surface area contributed by atoms with Crippen molar-refractivity contribution < 1.29 is 0 Å². The van der Waals surface area contributed by atoms with Crippen LogP contribution in [-0.4, -0.2) is 9.97 Å². The third-order valence-corrected chi connectivity index (χ3v) is 4.06. The zero-order valence-electron chi connectivity index (χ0n) is 9.86. The Morgan fingerprint density at radius 2 is 2.17 bits per heavy atom. The maximum atomic E-state index is 5.90. The fourth-order valence-corrected chi connectivity index (χ4v) is 3.11. The van der Waals surface area contributed by atoms with Gasteiger partial charge in [-0.1, -0.05) is 29.9 Å². The summed E-state index contributed by atoms with van der Waals surface area (Å²) in [4.78, 5) is 5.02. The van der Waals surface area contributed by atoms with Gasteiger partial charge in [0, 0.05) is 16.5 Å². The normalized spacial score (nSPS) is 10.9. The third-order valence-electron chi connectivity index (χ3n) is 2.97.